The molecule has 0 aromatic rings. The molecule has 154 valence electrons. The zero-order valence-corrected chi connectivity index (χ0v) is 17.8. The fraction of sp³-hybridized carbons (Fsp3) is 0.957. The Balaban J connectivity index is 1.56. The van der Waals surface area contributed by atoms with Gasteiger partial charge < -0.3 is 11.1 Å². The van der Waals surface area contributed by atoms with Crippen LogP contribution in [0.1, 0.15) is 84.5 Å². The predicted molar refractivity (Wildman–Crippen MR) is 110 cm³/mol. The molecule has 3 N–H and O–H groups in total. The van der Waals surface area contributed by atoms with Crippen molar-refractivity contribution >= 4 is 5.91 Å². The number of amides is 1. The van der Waals surface area contributed by atoms with Crippen molar-refractivity contribution in [1.82, 2.24) is 10.2 Å². The summed E-state index contributed by atoms with van der Waals surface area (Å²) in [5.74, 6) is 2.19. The van der Waals surface area contributed by atoms with Gasteiger partial charge in [0.2, 0.25) is 5.91 Å². The molecule has 4 heteroatoms. The molecule has 0 aromatic carbocycles. The smallest absolute Gasteiger partial charge is 0.223 e. The SMILES string of the molecule is CC1CCCC(C)C1C(=O)NC(C1CCC(N)CC1)C12CCC(CC1)N2C. The number of hydrogen-bond acceptors (Lipinski definition) is 3. The molecule has 3 atom stereocenters. The van der Waals surface area contributed by atoms with Crippen molar-refractivity contribution in [3.05, 3.63) is 0 Å². The highest BCUT2D eigenvalue weighted by Crippen LogP contribution is 2.50. The van der Waals surface area contributed by atoms with E-state index in [1.54, 1.807) is 0 Å². The summed E-state index contributed by atoms with van der Waals surface area (Å²) in [5, 5.41) is 3.70. The summed E-state index contributed by atoms with van der Waals surface area (Å²) >= 11 is 0. The van der Waals surface area contributed by atoms with E-state index in [0.717, 1.165) is 18.9 Å². The maximum absolute atomic E-state index is 13.5. The zero-order chi connectivity index (χ0) is 19.2. The zero-order valence-electron chi connectivity index (χ0n) is 17.8. The molecule has 0 spiro atoms. The first-order valence-electron chi connectivity index (χ1n) is 11.7. The Bertz CT molecular complexity index is 524. The van der Waals surface area contributed by atoms with Crippen LogP contribution in [0, 0.1) is 23.7 Å². The molecule has 2 aliphatic carbocycles. The lowest BCUT2D eigenvalue weighted by Crippen LogP contribution is -2.62. The molecule has 4 aliphatic rings. The highest BCUT2D eigenvalue weighted by molar-refractivity contribution is 5.80. The van der Waals surface area contributed by atoms with E-state index >= 15 is 0 Å². The van der Waals surface area contributed by atoms with E-state index in [4.69, 9.17) is 5.73 Å². The van der Waals surface area contributed by atoms with Gasteiger partial charge in [0.25, 0.3) is 0 Å². The normalized spacial score (nSPS) is 46.4. The Labute approximate surface area is 166 Å². The van der Waals surface area contributed by atoms with Crippen molar-refractivity contribution in [3.8, 4) is 0 Å². The standard InChI is InChI=1S/C23H41N3O/c1-15-5-4-6-16(2)20(15)22(27)25-21(17-7-9-18(24)10-8-17)23-13-11-19(12-14-23)26(23)3/h15-21H,4-14,24H2,1-3H3,(H,25,27). The summed E-state index contributed by atoms with van der Waals surface area (Å²) in [4.78, 5) is 16.2. The first-order chi connectivity index (χ1) is 12.9. The number of nitrogens with zero attached hydrogens (tertiary/aromatic N) is 1. The second-order valence-corrected chi connectivity index (χ2v) is 10.5. The van der Waals surface area contributed by atoms with Crippen LogP contribution in [0.4, 0.5) is 0 Å². The summed E-state index contributed by atoms with van der Waals surface area (Å²) in [5.41, 5.74) is 6.41. The van der Waals surface area contributed by atoms with Crippen LogP contribution in [0.15, 0.2) is 0 Å². The van der Waals surface area contributed by atoms with E-state index in [1.807, 2.05) is 0 Å². The van der Waals surface area contributed by atoms with Gasteiger partial charge in [-0.15, -0.1) is 0 Å². The average molecular weight is 376 g/mol. The Morgan fingerprint density at radius 2 is 1.59 bits per heavy atom. The number of hydrogen-bond donors (Lipinski definition) is 2. The minimum Gasteiger partial charge on any atom is -0.351 e. The molecule has 1 amide bonds. The van der Waals surface area contributed by atoms with Gasteiger partial charge in [0.1, 0.15) is 0 Å². The maximum Gasteiger partial charge on any atom is 0.223 e. The minimum absolute atomic E-state index is 0.201. The molecule has 4 rings (SSSR count). The summed E-state index contributed by atoms with van der Waals surface area (Å²) < 4.78 is 0. The van der Waals surface area contributed by atoms with Gasteiger partial charge in [-0.05, 0) is 89.0 Å². The van der Waals surface area contributed by atoms with Crippen molar-refractivity contribution in [2.24, 2.45) is 29.4 Å². The molecule has 27 heavy (non-hydrogen) atoms. The molecular weight excluding hydrogens is 334 g/mol. The molecule has 2 aliphatic heterocycles. The van der Waals surface area contributed by atoms with Crippen LogP contribution < -0.4 is 11.1 Å². The fourth-order valence-corrected chi connectivity index (χ4v) is 7.35. The van der Waals surface area contributed by atoms with Crippen molar-refractivity contribution in [2.75, 3.05) is 7.05 Å². The molecule has 4 nitrogen and oxygen atoms in total. The number of carbonyl (C=O) groups is 1. The van der Waals surface area contributed by atoms with Crippen LogP contribution in [0.2, 0.25) is 0 Å². The summed E-state index contributed by atoms with van der Waals surface area (Å²) in [6.45, 7) is 4.58. The van der Waals surface area contributed by atoms with Gasteiger partial charge >= 0.3 is 0 Å². The van der Waals surface area contributed by atoms with Gasteiger partial charge in [-0.25, -0.2) is 0 Å². The summed E-state index contributed by atoms with van der Waals surface area (Å²) in [7, 11) is 2.32. The molecule has 0 aromatic heterocycles. The molecule has 0 radical (unpaired) electrons. The number of nitrogens with two attached hydrogens (primary N) is 1. The highest BCUT2D eigenvalue weighted by Gasteiger charge is 2.56. The van der Waals surface area contributed by atoms with Gasteiger partial charge in [-0.3, -0.25) is 9.69 Å². The number of rotatable bonds is 4. The second-order valence-electron chi connectivity index (χ2n) is 10.5. The van der Waals surface area contributed by atoms with Crippen molar-refractivity contribution in [1.29, 1.82) is 0 Å². The van der Waals surface area contributed by atoms with Crippen LogP contribution >= 0.6 is 0 Å². The van der Waals surface area contributed by atoms with Gasteiger partial charge in [0.05, 0.1) is 0 Å². The third-order valence-electron chi connectivity index (χ3n) is 9.08. The lowest BCUT2D eigenvalue weighted by molar-refractivity contribution is -0.132. The van der Waals surface area contributed by atoms with E-state index in [0.29, 0.717) is 35.7 Å². The maximum atomic E-state index is 13.5. The van der Waals surface area contributed by atoms with E-state index < -0.39 is 0 Å². The number of likely N-dealkylation sites (N-methyl/N-ethyl adjacent to an activating group) is 1. The first kappa shape index (κ1) is 19.7. The summed E-state index contributed by atoms with van der Waals surface area (Å²) in [6, 6.07) is 1.42. The highest BCUT2D eigenvalue weighted by atomic mass is 16.2. The minimum atomic E-state index is 0.201. The third kappa shape index (κ3) is 3.46. The average Bonchev–Trinajstić information content (AvgIpc) is 3.13. The molecule has 2 heterocycles. The summed E-state index contributed by atoms with van der Waals surface area (Å²) in [6.07, 6.45) is 13.4. The first-order valence-corrected chi connectivity index (χ1v) is 11.7. The number of nitrogens with one attached hydrogen (secondary N) is 1. The largest absolute Gasteiger partial charge is 0.351 e. The van der Waals surface area contributed by atoms with Crippen molar-refractivity contribution in [3.63, 3.8) is 0 Å². The Morgan fingerprint density at radius 3 is 2.11 bits per heavy atom. The van der Waals surface area contributed by atoms with Gasteiger partial charge in [0, 0.05) is 29.6 Å². The van der Waals surface area contributed by atoms with Gasteiger partial charge in [-0.1, -0.05) is 20.3 Å². The third-order valence-corrected chi connectivity index (χ3v) is 9.08. The van der Waals surface area contributed by atoms with Crippen LogP contribution in [0.25, 0.3) is 0 Å². The number of carbonyl (C=O) groups excluding carboxylic acids is 1. The van der Waals surface area contributed by atoms with E-state index in [2.05, 4.69) is 31.1 Å². The second kappa shape index (κ2) is 7.67. The van der Waals surface area contributed by atoms with Crippen molar-refractivity contribution < 1.29 is 4.79 Å². The molecule has 3 unspecified atom stereocenters. The Morgan fingerprint density at radius 1 is 1.00 bits per heavy atom. The van der Waals surface area contributed by atoms with Crippen LogP contribution in [0.3, 0.4) is 0 Å². The molecule has 2 saturated heterocycles. The molecular formula is C23H41N3O. The lowest BCUT2D eigenvalue weighted by atomic mass is 9.69. The monoisotopic (exact) mass is 375 g/mol. The van der Waals surface area contributed by atoms with Gasteiger partial charge in [-0.2, -0.15) is 0 Å². The van der Waals surface area contributed by atoms with Crippen LogP contribution in [-0.4, -0.2) is 41.5 Å². The fourth-order valence-electron chi connectivity index (χ4n) is 7.35. The number of fused-ring (bicyclic) bond motifs is 2. The van der Waals surface area contributed by atoms with Crippen LogP contribution in [0.5, 0.6) is 0 Å². The topological polar surface area (TPSA) is 58.4 Å². The quantitative estimate of drug-likeness (QED) is 0.788. The molecule has 2 bridgehead atoms. The Hall–Kier alpha value is -0.610. The molecule has 4 fully saturated rings. The van der Waals surface area contributed by atoms with E-state index in [-0.39, 0.29) is 11.5 Å². The predicted octanol–water partition coefficient (Wildman–Crippen LogP) is 3.69. The van der Waals surface area contributed by atoms with E-state index in [9.17, 15) is 4.79 Å². The Kier molecular flexibility index (Phi) is 5.59. The van der Waals surface area contributed by atoms with Crippen LogP contribution in [-0.2, 0) is 4.79 Å². The van der Waals surface area contributed by atoms with Gasteiger partial charge in [0.15, 0.2) is 0 Å². The lowest BCUT2D eigenvalue weighted by Gasteiger charge is -2.47. The molecule has 2 saturated carbocycles. The van der Waals surface area contributed by atoms with E-state index in [1.165, 1.54) is 57.8 Å². The van der Waals surface area contributed by atoms with Crippen molar-refractivity contribution in [2.45, 2.75) is 108 Å².